The molecule has 0 saturated carbocycles. The van der Waals surface area contributed by atoms with Gasteiger partial charge in [0.1, 0.15) is 17.2 Å². The maximum atomic E-state index is 14.0. The fraction of sp³-hybridized carbons (Fsp3) is 0.231. The third-order valence-corrected chi connectivity index (χ3v) is 5.63. The number of rotatable bonds is 6. The Hall–Kier alpha value is -4.16. The Morgan fingerprint density at radius 1 is 0.795 bits per heavy atom. The fourth-order valence-corrected chi connectivity index (χ4v) is 4.01. The highest BCUT2D eigenvalue weighted by atomic mass is 19.4. The number of amides is 1. The maximum Gasteiger partial charge on any atom is 0.573 e. The molecule has 0 aliphatic carbocycles. The Balaban J connectivity index is 1.70. The lowest BCUT2D eigenvalue weighted by Crippen LogP contribution is -2.29. The summed E-state index contributed by atoms with van der Waals surface area (Å²) in [6.45, 7) is 0.710. The van der Waals surface area contributed by atoms with E-state index in [4.69, 9.17) is 0 Å². The number of carbonyl (C=O) groups excluding carboxylic acids is 1. The van der Waals surface area contributed by atoms with E-state index in [9.17, 15) is 39.9 Å². The molecule has 0 unspecified atom stereocenters. The average Bonchev–Trinajstić information content (AvgIpc) is 3.14. The number of alkyl halides is 8. The smallest absolute Gasteiger partial charge is 0.406 e. The Morgan fingerprint density at radius 3 is 1.85 bits per heavy atom. The first-order valence-corrected chi connectivity index (χ1v) is 11.2. The number of nitrogens with zero attached hydrogens (tertiary/aromatic N) is 2. The lowest BCUT2D eigenvalue weighted by atomic mass is 9.99. The number of anilines is 1. The third kappa shape index (κ3) is 7.03. The van der Waals surface area contributed by atoms with E-state index in [-0.39, 0.29) is 29.1 Å². The molecule has 5 nitrogen and oxygen atoms in total. The van der Waals surface area contributed by atoms with Gasteiger partial charge in [0.2, 0.25) is 0 Å². The van der Waals surface area contributed by atoms with Crippen LogP contribution in [0, 0.1) is 0 Å². The molecule has 3 aromatic rings. The van der Waals surface area contributed by atoms with Crippen molar-refractivity contribution in [2.45, 2.75) is 38.0 Å². The van der Waals surface area contributed by atoms with Crippen LogP contribution >= 0.6 is 0 Å². The number of halogens is 8. The lowest BCUT2D eigenvalue weighted by molar-refractivity contribution is -0.275. The molecule has 1 amide bonds. The number of hydrogen-bond acceptors (Lipinski definition) is 4. The molecule has 0 spiro atoms. The second-order valence-corrected chi connectivity index (χ2v) is 8.55. The minimum Gasteiger partial charge on any atom is -0.406 e. The molecular weight excluding hydrogens is 540 g/mol. The van der Waals surface area contributed by atoms with Crippen LogP contribution in [0.2, 0.25) is 0 Å². The van der Waals surface area contributed by atoms with Crippen LogP contribution in [-0.2, 0) is 10.7 Å². The van der Waals surface area contributed by atoms with Crippen molar-refractivity contribution >= 4 is 23.0 Å². The Bertz CT molecular complexity index is 1360. The molecule has 0 bridgehead atoms. The molecule has 1 aliphatic heterocycles. The standard InChI is InChI=1S/C26H18F8N2O3/c1-24(27,28)16-4-2-3-15(13-16)22-14-21(35-17-5-9-19(10-6-17)38-25(29,30)31)23(37)36(22)18-7-11-20(12-8-18)39-26(32,33)34/h2-13,22H,14H2,1H3/t22-/m1/s1. The van der Waals surface area contributed by atoms with E-state index >= 15 is 0 Å². The fourth-order valence-electron chi connectivity index (χ4n) is 4.01. The molecule has 1 saturated heterocycles. The van der Waals surface area contributed by atoms with E-state index < -0.39 is 42.1 Å². The zero-order valence-electron chi connectivity index (χ0n) is 19.9. The first-order chi connectivity index (χ1) is 18.1. The molecular formula is C26H18F8N2O3. The lowest BCUT2D eigenvalue weighted by Gasteiger charge is -2.25. The summed E-state index contributed by atoms with van der Waals surface area (Å²) in [5.41, 5.74) is 0.224. The summed E-state index contributed by atoms with van der Waals surface area (Å²) in [5, 5.41) is 0. The van der Waals surface area contributed by atoms with Crippen molar-refractivity contribution < 1.29 is 49.4 Å². The van der Waals surface area contributed by atoms with Gasteiger partial charge in [-0.1, -0.05) is 18.2 Å². The molecule has 0 N–H and O–H groups in total. The van der Waals surface area contributed by atoms with Gasteiger partial charge in [-0.3, -0.25) is 9.69 Å². The molecule has 3 aromatic carbocycles. The van der Waals surface area contributed by atoms with Crippen LogP contribution in [-0.4, -0.2) is 24.3 Å². The van der Waals surface area contributed by atoms with Gasteiger partial charge in [-0.05, 0) is 60.2 Å². The zero-order valence-corrected chi connectivity index (χ0v) is 19.9. The first-order valence-electron chi connectivity index (χ1n) is 11.2. The molecule has 206 valence electrons. The predicted molar refractivity (Wildman–Crippen MR) is 124 cm³/mol. The normalized spacial score (nSPS) is 17.6. The van der Waals surface area contributed by atoms with E-state index in [1.165, 1.54) is 53.4 Å². The van der Waals surface area contributed by atoms with Gasteiger partial charge in [-0.2, -0.15) is 0 Å². The van der Waals surface area contributed by atoms with Gasteiger partial charge in [-0.15, -0.1) is 26.3 Å². The summed E-state index contributed by atoms with van der Waals surface area (Å²) in [7, 11) is 0. The van der Waals surface area contributed by atoms with E-state index in [0.29, 0.717) is 12.5 Å². The van der Waals surface area contributed by atoms with Crippen LogP contribution in [0.5, 0.6) is 11.5 Å². The van der Waals surface area contributed by atoms with Crippen LogP contribution in [0.15, 0.2) is 77.8 Å². The van der Waals surface area contributed by atoms with E-state index in [0.717, 1.165) is 24.3 Å². The molecule has 1 atom stereocenters. The zero-order chi connectivity index (χ0) is 28.6. The van der Waals surface area contributed by atoms with Crippen molar-refractivity contribution in [1.82, 2.24) is 0 Å². The highest BCUT2D eigenvalue weighted by Gasteiger charge is 2.40. The van der Waals surface area contributed by atoms with Gasteiger partial charge >= 0.3 is 12.7 Å². The van der Waals surface area contributed by atoms with E-state index in [2.05, 4.69) is 14.5 Å². The highest BCUT2D eigenvalue weighted by molar-refractivity contribution is 6.46. The molecule has 13 heteroatoms. The van der Waals surface area contributed by atoms with Crippen LogP contribution < -0.4 is 14.4 Å². The minimum absolute atomic E-state index is 0.0474. The number of aliphatic imine (C=N–C) groups is 1. The van der Waals surface area contributed by atoms with Crippen molar-refractivity contribution in [3.05, 3.63) is 83.9 Å². The first kappa shape index (κ1) is 27.9. The van der Waals surface area contributed by atoms with E-state index in [1.807, 2.05) is 0 Å². The summed E-state index contributed by atoms with van der Waals surface area (Å²) in [4.78, 5) is 18.8. The topological polar surface area (TPSA) is 51.1 Å². The summed E-state index contributed by atoms with van der Waals surface area (Å²) in [6, 6.07) is 13.3. The number of hydrogen-bond donors (Lipinski definition) is 0. The molecule has 39 heavy (non-hydrogen) atoms. The second kappa shape index (κ2) is 10.2. The number of ether oxygens (including phenoxy) is 2. The molecule has 4 rings (SSSR count). The largest absolute Gasteiger partial charge is 0.573 e. The van der Waals surface area contributed by atoms with Crippen molar-refractivity contribution in [3.63, 3.8) is 0 Å². The summed E-state index contributed by atoms with van der Waals surface area (Å²) in [5.74, 6) is -4.88. The summed E-state index contributed by atoms with van der Waals surface area (Å²) < 4.78 is 111. The van der Waals surface area contributed by atoms with Gasteiger partial charge < -0.3 is 9.47 Å². The van der Waals surface area contributed by atoms with Crippen LogP contribution in [0.25, 0.3) is 0 Å². The van der Waals surface area contributed by atoms with Crippen molar-refractivity contribution in [3.8, 4) is 11.5 Å². The average molecular weight is 558 g/mol. The van der Waals surface area contributed by atoms with Gasteiger partial charge in [0.25, 0.3) is 11.8 Å². The molecule has 0 radical (unpaired) electrons. The quantitative estimate of drug-likeness (QED) is 0.290. The van der Waals surface area contributed by atoms with Crippen molar-refractivity contribution in [2.24, 2.45) is 4.99 Å². The van der Waals surface area contributed by atoms with Crippen LogP contribution in [0.4, 0.5) is 46.5 Å². The van der Waals surface area contributed by atoms with Gasteiger partial charge in [0.15, 0.2) is 0 Å². The monoisotopic (exact) mass is 558 g/mol. The van der Waals surface area contributed by atoms with Crippen molar-refractivity contribution in [2.75, 3.05) is 4.90 Å². The van der Waals surface area contributed by atoms with Gasteiger partial charge in [0.05, 0.1) is 11.7 Å². The molecule has 1 aliphatic rings. The maximum absolute atomic E-state index is 14.0. The van der Waals surface area contributed by atoms with Crippen LogP contribution in [0.3, 0.4) is 0 Å². The predicted octanol–water partition coefficient (Wildman–Crippen LogP) is 7.85. The Morgan fingerprint density at radius 2 is 1.33 bits per heavy atom. The van der Waals surface area contributed by atoms with Crippen molar-refractivity contribution in [1.29, 1.82) is 0 Å². The Labute approximate surface area is 216 Å². The summed E-state index contributed by atoms with van der Waals surface area (Å²) in [6.07, 6.45) is -9.91. The number of benzene rings is 3. The van der Waals surface area contributed by atoms with Crippen LogP contribution in [0.1, 0.15) is 30.5 Å². The molecule has 1 heterocycles. The molecule has 0 aromatic heterocycles. The minimum atomic E-state index is -4.93. The molecule has 1 fully saturated rings. The van der Waals surface area contributed by atoms with E-state index in [1.54, 1.807) is 0 Å². The number of carbonyl (C=O) groups is 1. The Kier molecular flexibility index (Phi) is 7.28. The highest BCUT2D eigenvalue weighted by Crippen LogP contribution is 2.39. The van der Waals surface area contributed by atoms with Gasteiger partial charge in [-0.25, -0.2) is 13.8 Å². The summed E-state index contributed by atoms with van der Waals surface area (Å²) >= 11 is 0. The second-order valence-electron chi connectivity index (χ2n) is 8.55. The van der Waals surface area contributed by atoms with Gasteiger partial charge in [0, 0.05) is 24.6 Å². The SMILES string of the molecule is CC(F)(F)c1cccc([C@H]2CC(=Nc3ccc(OC(F)(F)F)cc3)C(=O)N2c2ccc(OC(F)(F)F)cc2)c1. The third-order valence-electron chi connectivity index (χ3n) is 5.63.